The van der Waals surface area contributed by atoms with Crippen molar-refractivity contribution in [1.82, 2.24) is 5.32 Å². The molecule has 12 heteroatoms. The summed E-state index contributed by atoms with van der Waals surface area (Å²) in [6.45, 7) is 0.499. The van der Waals surface area contributed by atoms with Crippen molar-refractivity contribution in [3.05, 3.63) is 118 Å². The number of carbonyl (C=O) groups excluding carboxylic acids is 1. The van der Waals surface area contributed by atoms with E-state index in [0.717, 1.165) is 10.0 Å². The number of rotatable bonds is 15. The van der Waals surface area contributed by atoms with Gasteiger partial charge in [0.25, 0.3) is 5.91 Å². The van der Waals surface area contributed by atoms with Gasteiger partial charge in [0.05, 0.1) is 31.5 Å². The van der Waals surface area contributed by atoms with Gasteiger partial charge in [0.2, 0.25) is 5.90 Å². The highest BCUT2D eigenvalue weighted by Crippen LogP contribution is 2.43. The Hall–Kier alpha value is -4.39. The van der Waals surface area contributed by atoms with E-state index in [1.54, 1.807) is 61.7 Å². The molecule has 0 aromatic heterocycles. The van der Waals surface area contributed by atoms with Gasteiger partial charge in [-0.1, -0.05) is 52.3 Å². The van der Waals surface area contributed by atoms with E-state index >= 15 is 0 Å². The van der Waals surface area contributed by atoms with Crippen LogP contribution in [0.2, 0.25) is 0 Å². The number of sulfone groups is 1. The van der Waals surface area contributed by atoms with Crippen molar-refractivity contribution in [3.8, 4) is 17.2 Å². The van der Waals surface area contributed by atoms with Gasteiger partial charge in [0.1, 0.15) is 5.75 Å². The molecule has 0 aliphatic carbocycles. The summed E-state index contributed by atoms with van der Waals surface area (Å²) in [5.41, 5.74) is 0.331. The monoisotopic (exact) mass is 736 g/mol. The molecule has 4 aromatic carbocycles. The number of nitrogens with one attached hydrogen (secondary N) is 1. The van der Waals surface area contributed by atoms with Gasteiger partial charge in [-0.2, -0.15) is 0 Å². The molecular weight excluding hydrogens is 700 g/mol. The summed E-state index contributed by atoms with van der Waals surface area (Å²) >= 11 is 3.47. The molecule has 0 unspecified atom stereocenters. The summed E-state index contributed by atoms with van der Waals surface area (Å²) in [5.74, 6) is 1.01. The van der Waals surface area contributed by atoms with Crippen LogP contribution in [0.3, 0.4) is 0 Å². The van der Waals surface area contributed by atoms with E-state index in [4.69, 9.17) is 29.0 Å². The normalized spacial score (nSPS) is 17.2. The molecule has 0 spiro atoms. The van der Waals surface area contributed by atoms with Crippen LogP contribution in [0.5, 0.6) is 17.2 Å². The minimum atomic E-state index is -3.79. The number of methoxy groups -OCH3 is 2. The molecule has 10 nitrogen and oxygen atoms in total. The first-order valence-electron chi connectivity index (χ1n) is 15.3. The zero-order valence-electron chi connectivity index (χ0n) is 26.6. The molecule has 0 radical (unpaired) electrons. The zero-order chi connectivity index (χ0) is 34.1. The van der Waals surface area contributed by atoms with E-state index in [-0.39, 0.29) is 36.1 Å². The van der Waals surface area contributed by atoms with Crippen LogP contribution in [0.25, 0.3) is 0 Å². The molecule has 0 fully saturated rings. The second-order valence-corrected chi connectivity index (χ2v) is 14.1. The molecule has 0 saturated heterocycles. The fraction of sp³-hybridized carbons (Fsp3) is 0.278. The second-order valence-electron chi connectivity index (χ2n) is 11.1. The van der Waals surface area contributed by atoms with Gasteiger partial charge in [0.15, 0.2) is 33.0 Å². The number of amides is 1. The molecule has 1 aliphatic rings. The number of aliphatic hydroxyl groups excluding tert-OH is 1. The lowest BCUT2D eigenvalue weighted by atomic mass is 9.85. The SMILES string of the molecule is COc1ccc(CNC(=O)[C@]2(CCS(=O)(=O)c3ccccc3)N=C(c3ccc(OCCCO)cc3)O[C@@H]2c2ccc(Br)cc2)cc1OC. The lowest BCUT2D eigenvalue weighted by Gasteiger charge is -2.30. The summed E-state index contributed by atoms with van der Waals surface area (Å²) in [6.07, 6.45) is -0.606. The van der Waals surface area contributed by atoms with Crippen LogP contribution < -0.4 is 19.5 Å². The number of benzene rings is 4. The first kappa shape index (κ1) is 34.9. The van der Waals surface area contributed by atoms with Crippen LogP contribution in [0.4, 0.5) is 0 Å². The Morgan fingerprint density at radius 2 is 1.67 bits per heavy atom. The third-order valence-electron chi connectivity index (χ3n) is 7.96. The Balaban J connectivity index is 1.54. The summed E-state index contributed by atoms with van der Waals surface area (Å²) in [5, 5.41) is 12.1. The first-order chi connectivity index (χ1) is 23.2. The Kier molecular flexibility index (Phi) is 11.4. The molecule has 1 aliphatic heterocycles. The van der Waals surface area contributed by atoms with E-state index in [0.29, 0.717) is 41.4 Å². The van der Waals surface area contributed by atoms with E-state index in [1.807, 2.05) is 30.3 Å². The zero-order valence-corrected chi connectivity index (χ0v) is 29.0. The average molecular weight is 738 g/mol. The minimum absolute atomic E-state index is 0.0241. The largest absolute Gasteiger partial charge is 0.494 e. The predicted molar refractivity (Wildman–Crippen MR) is 185 cm³/mol. The van der Waals surface area contributed by atoms with Crippen molar-refractivity contribution in [2.24, 2.45) is 4.99 Å². The lowest BCUT2D eigenvalue weighted by Crippen LogP contribution is -2.49. The maximum atomic E-state index is 14.5. The molecule has 48 heavy (non-hydrogen) atoms. The van der Waals surface area contributed by atoms with Crippen LogP contribution >= 0.6 is 15.9 Å². The number of hydrogen-bond donors (Lipinski definition) is 2. The summed E-state index contributed by atoms with van der Waals surface area (Å²) < 4.78 is 50.9. The standard InChI is InChI=1S/C36H37BrN2O8S/c1-44-31-18-9-25(23-32(31)45-2)24-38-35(41)36(19-22-48(42,43)30-7-4-3-5-8-30)33(26-10-14-28(37)15-11-26)47-34(39-36)27-12-16-29(17-13-27)46-21-6-20-40/h3-5,7-18,23,33,40H,6,19-22,24H2,1-2H3,(H,38,41)/t33-,36-/m1/s1. The van der Waals surface area contributed by atoms with Gasteiger partial charge < -0.3 is 29.4 Å². The van der Waals surface area contributed by atoms with Crippen molar-refractivity contribution < 1.29 is 37.3 Å². The number of aliphatic hydroxyl groups is 1. The fourth-order valence-electron chi connectivity index (χ4n) is 5.37. The number of hydrogen-bond acceptors (Lipinski definition) is 9. The highest BCUT2D eigenvalue weighted by Gasteiger charge is 2.53. The average Bonchev–Trinajstić information content (AvgIpc) is 3.51. The predicted octanol–water partition coefficient (Wildman–Crippen LogP) is 5.66. The Morgan fingerprint density at radius 3 is 2.33 bits per heavy atom. The maximum Gasteiger partial charge on any atom is 0.252 e. The van der Waals surface area contributed by atoms with Gasteiger partial charge in [-0.05, 0) is 71.8 Å². The molecule has 5 rings (SSSR count). The van der Waals surface area contributed by atoms with Crippen LogP contribution in [-0.4, -0.2) is 64.1 Å². The van der Waals surface area contributed by atoms with Crippen LogP contribution in [-0.2, 0) is 25.9 Å². The Bertz CT molecular complexity index is 1830. The number of carbonyl (C=O) groups is 1. The van der Waals surface area contributed by atoms with Crippen molar-refractivity contribution in [2.75, 3.05) is 33.2 Å². The number of nitrogens with zero attached hydrogens (tertiary/aromatic N) is 1. The number of halogens is 1. The fourth-order valence-corrected chi connectivity index (χ4v) is 7.02. The first-order valence-corrected chi connectivity index (χ1v) is 17.8. The molecule has 0 bridgehead atoms. The van der Waals surface area contributed by atoms with Gasteiger partial charge in [-0.25, -0.2) is 13.4 Å². The maximum absolute atomic E-state index is 14.5. The minimum Gasteiger partial charge on any atom is -0.494 e. The van der Waals surface area contributed by atoms with Crippen molar-refractivity contribution in [1.29, 1.82) is 0 Å². The highest BCUT2D eigenvalue weighted by atomic mass is 79.9. The summed E-state index contributed by atoms with van der Waals surface area (Å²) in [6, 6.07) is 27.8. The van der Waals surface area contributed by atoms with Gasteiger partial charge in [0, 0.05) is 36.0 Å². The molecule has 252 valence electrons. The van der Waals surface area contributed by atoms with Crippen molar-refractivity contribution >= 4 is 37.6 Å². The van der Waals surface area contributed by atoms with Gasteiger partial charge >= 0.3 is 0 Å². The molecule has 0 saturated carbocycles. The second kappa shape index (κ2) is 15.7. The van der Waals surface area contributed by atoms with E-state index in [9.17, 15) is 13.2 Å². The van der Waals surface area contributed by atoms with Crippen molar-refractivity contribution in [2.45, 2.75) is 35.9 Å². The molecule has 1 heterocycles. The molecule has 4 aromatic rings. The highest BCUT2D eigenvalue weighted by molar-refractivity contribution is 9.10. The third-order valence-corrected chi connectivity index (χ3v) is 10.2. The molecule has 2 atom stereocenters. The number of aliphatic imine (C=N–C) groups is 1. The van der Waals surface area contributed by atoms with E-state index in [1.165, 1.54) is 19.2 Å². The Labute approximate surface area is 288 Å². The summed E-state index contributed by atoms with van der Waals surface area (Å²) in [4.78, 5) is 19.6. The Morgan fingerprint density at radius 1 is 0.958 bits per heavy atom. The van der Waals surface area contributed by atoms with E-state index < -0.39 is 27.4 Å². The lowest BCUT2D eigenvalue weighted by molar-refractivity contribution is -0.129. The molecular formula is C36H37BrN2O8S. The molecule has 1 amide bonds. The van der Waals surface area contributed by atoms with Crippen LogP contribution in [0, 0.1) is 0 Å². The third kappa shape index (κ3) is 8.00. The number of ether oxygens (including phenoxy) is 4. The van der Waals surface area contributed by atoms with Gasteiger partial charge in [-0.3, -0.25) is 4.79 Å². The van der Waals surface area contributed by atoms with Crippen LogP contribution in [0.15, 0.2) is 111 Å². The summed E-state index contributed by atoms with van der Waals surface area (Å²) in [7, 11) is -0.715. The molecule has 2 N–H and O–H groups in total. The smallest absolute Gasteiger partial charge is 0.252 e. The quantitative estimate of drug-likeness (QED) is 0.149. The van der Waals surface area contributed by atoms with Crippen LogP contribution in [0.1, 0.15) is 35.6 Å². The van der Waals surface area contributed by atoms with Gasteiger partial charge in [-0.15, -0.1) is 0 Å². The topological polar surface area (TPSA) is 133 Å². The van der Waals surface area contributed by atoms with E-state index in [2.05, 4.69) is 21.2 Å². The van der Waals surface area contributed by atoms with Crippen molar-refractivity contribution in [3.63, 3.8) is 0 Å².